The van der Waals surface area contributed by atoms with Crippen molar-refractivity contribution in [2.75, 3.05) is 27.8 Å². The van der Waals surface area contributed by atoms with Crippen molar-refractivity contribution < 1.29 is 19.1 Å². The first-order valence-electron chi connectivity index (χ1n) is 7.79. The number of carbonyl (C=O) groups excluding carboxylic acids is 2. The molecular formula is C20H21NO4. The zero-order chi connectivity index (χ0) is 18.2. The molecule has 0 fully saturated rings. The van der Waals surface area contributed by atoms with Crippen LogP contribution in [-0.2, 0) is 4.79 Å². The van der Waals surface area contributed by atoms with E-state index in [0.29, 0.717) is 11.3 Å². The number of allylic oxidation sites excluding steroid dienone is 1. The number of rotatable bonds is 7. The Bertz CT molecular complexity index is 764. The van der Waals surface area contributed by atoms with Crippen LogP contribution in [0.3, 0.4) is 0 Å². The first kappa shape index (κ1) is 18.3. The summed E-state index contributed by atoms with van der Waals surface area (Å²) in [7, 11) is 4.94. The molecule has 0 atom stereocenters. The molecule has 0 aromatic heterocycles. The summed E-state index contributed by atoms with van der Waals surface area (Å²) in [6, 6.07) is 14.2. The van der Waals surface area contributed by atoms with Gasteiger partial charge >= 0.3 is 0 Å². The van der Waals surface area contributed by atoms with Gasteiger partial charge in [0.25, 0.3) is 5.91 Å². The van der Waals surface area contributed by atoms with Gasteiger partial charge in [0.05, 0.1) is 7.11 Å². The molecule has 1 amide bonds. The SMILES string of the molecule is COc1cccc(/C=C/C(=O)c2ccc(OCC(=O)N(C)C)cc2)c1. The third kappa shape index (κ3) is 5.49. The Morgan fingerprint density at radius 2 is 1.76 bits per heavy atom. The highest BCUT2D eigenvalue weighted by atomic mass is 16.5. The lowest BCUT2D eigenvalue weighted by molar-refractivity contribution is -0.130. The fraction of sp³-hybridized carbons (Fsp3) is 0.200. The van der Waals surface area contributed by atoms with E-state index >= 15 is 0 Å². The molecule has 0 saturated heterocycles. The highest BCUT2D eigenvalue weighted by Crippen LogP contribution is 2.16. The molecule has 2 rings (SSSR count). The minimum absolute atomic E-state index is 0.0317. The van der Waals surface area contributed by atoms with E-state index in [4.69, 9.17) is 9.47 Å². The van der Waals surface area contributed by atoms with Crippen LogP contribution in [0.15, 0.2) is 54.6 Å². The average molecular weight is 339 g/mol. The molecule has 0 aliphatic carbocycles. The van der Waals surface area contributed by atoms with Gasteiger partial charge in [-0.05, 0) is 48.0 Å². The number of benzene rings is 2. The van der Waals surface area contributed by atoms with Crippen molar-refractivity contribution in [3.8, 4) is 11.5 Å². The summed E-state index contributed by atoms with van der Waals surface area (Å²) in [4.78, 5) is 25.2. The van der Waals surface area contributed by atoms with Gasteiger partial charge in [0.1, 0.15) is 11.5 Å². The third-order valence-corrected chi connectivity index (χ3v) is 3.52. The number of nitrogens with zero attached hydrogens (tertiary/aromatic N) is 1. The molecule has 0 aliphatic rings. The molecular weight excluding hydrogens is 318 g/mol. The molecule has 0 radical (unpaired) electrons. The number of amides is 1. The summed E-state index contributed by atoms with van der Waals surface area (Å²) in [6.07, 6.45) is 3.26. The molecule has 5 heteroatoms. The van der Waals surface area contributed by atoms with Crippen LogP contribution >= 0.6 is 0 Å². The Labute approximate surface area is 147 Å². The van der Waals surface area contributed by atoms with Crippen LogP contribution in [0.5, 0.6) is 11.5 Å². The number of hydrogen-bond donors (Lipinski definition) is 0. The molecule has 5 nitrogen and oxygen atoms in total. The molecule has 0 saturated carbocycles. The molecule has 2 aromatic carbocycles. The summed E-state index contributed by atoms with van der Waals surface area (Å²) < 4.78 is 10.5. The molecule has 0 aliphatic heterocycles. The zero-order valence-electron chi connectivity index (χ0n) is 14.6. The summed E-state index contributed by atoms with van der Waals surface area (Å²) in [5.74, 6) is 1.05. The Morgan fingerprint density at radius 3 is 2.40 bits per heavy atom. The predicted molar refractivity (Wildman–Crippen MR) is 97.0 cm³/mol. The molecule has 0 N–H and O–H groups in total. The largest absolute Gasteiger partial charge is 0.497 e. The third-order valence-electron chi connectivity index (χ3n) is 3.52. The Hall–Kier alpha value is -3.08. The van der Waals surface area contributed by atoms with Crippen molar-refractivity contribution in [3.63, 3.8) is 0 Å². The van der Waals surface area contributed by atoms with Gasteiger partial charge in [-0.15, -0.1) is 0 Å². The number of methoxy groups -OCH3 is 1. The molecule has 0 heterocycles. The van der Waals surface area contributed by atoms with Crippen LogP contribution in [0.1, 0.15) is 15.9 Å². The van der Waals surface area contributed by atoms with Crippen molar-refractivity contribution in [2.24, 2.45) is 0 Å². The summed E-state index contributed by atoms with van der Waals surface area (Å²) in [6.45, 7) is -0.0317. The fourth-order valence-electron chi connectivity index (χ4n) is 2.00. The lowest BCUT2D eigenvalue weighted by Gasteiger charge is -2.11. The van der Waals surface area contributed by atoms with E-state index in [1.165, 1.54) is 11.0 Å². The summed E-state index contributed by atoms with van der Waals surface area (Å²) in [5, 5.41) is 0. The van der Waals surface area contributed by atoms with E-state index < -0.39 is 0 Å². The van der Waals surface area contributed by atoms with Gasteiger partial charge in [-0.1, -0.05) is 18.2 Å². The minimum atomic E-state index is -0.124. The maximum absolute atomic E-state index is 12.2. The fourth-order valence-corrected chi connectivity index (χ4v) is 2.00. The second-order valence-corrected chi connectivity index (χ2v) is 5.58. The molecule has 130 valence electrons. The number of ether oxygens (including phenoxy) is 2. The van der Waals surface area contributed by atoms with Crippen molar-refractivity contribution in [1.82, 2.24) is 4.90 Å². The van der Waals surface area contributed by atoms with Gasteiger partial charge in [-0.25, -0.2) is 0 Å². The smallest absolute Gasteiger partial charge is 0.259 e. The van der Waals surface area contributed by atoms with E-state index in [-0.39, 0.29) is 18.3 Å². The minimum Gasteiger partial charge on any atom is -0.497 e. The summed E-state index contributed by atoms with van der Waals surface area (Å²) in [5.41, 5.74) is 1.43. The Morgan fingerprint density at radius 1 is 1.04 bits per heavy atom. The van der Waals surface area contributed by atoms with Gasteiger partial charge in [0.15, 0.2) is 12.4 Å². The monoisotopic (exact) mass is 339 g/mol. The van der Waals surface area contributed by atoms with Crippen LogP contribution in [-0.4, -0.2) is 44.4 Å². The van der Waals surface area contributed by atoms with E-state index in [1.807, 2.05) is 24.3 Å². The van der Waals surface area contributed by atoms with E-state index in [9.17, 15) is 9.59 Å². The molecule has 0 unspecified atom stereocenters. The maximum atomic E-state index is 12.2. The first-order valence-corrected chi connectivity index (χ1v) is 7.79. The topological polar surface area (TPSA) is 55.8 Å². The van der Waals surface area contributed by atoms with Crippen molar-refractivity contribution in [3.05, 3.63) is 65.7 Å². The van der Waals surface area contributed by atoms with Crippen LogP contribution < -0.4 is 9.47 Å². The molecule has 25 heavy (non-hydrogen) atoms. The van der Waals surface area contributed by atoms with Crippen LogP contribution in [0.2, 0.25) is 0 Å². The molecule has 0 spiro atoms. The van der Waals surface area contributed by atoms with Gasteiger partial charge in [0.2, 0.25) is 0 Å². The van der Waals surface area contributed by atoms with E-state index in [2.05, 4.69) is 0 Å². The highest BCUT2D eigenvalue weighted by Gasteiger charge is 2.06. The molecule has 2 aromatic rings. The van der Waals surface area contributed by atoms with Gasteiger partial charge in [-0.3, -0.25) is 9.59 Å². The number of ketones is 1. The Kier molecular flexibility index (Phi) is 6.34. The van der Waals surface area contributed by atoms with Gasteiger partial charge < -0.3 is 14.4 Å². The summed E-state index contributed by atoms with van der Waals surface area (Å²) >= 11 is 0. The lowest BCUT2D eigenvalue weighted by atomic mass is 10.1. The van der Waals surface area contributed by atoms with Crippen LogP contribution in [0.4, 0.5) is 0 Å². The maximum Gasteiger partial charge on any atom is 0.259 e. The van der Waals surface area contributed by atoms with Gasteiger partial charge in [0, 0.05) is 19.7 Å². The van der Waals surface area contributed by atoms with Crippen molar-refractivity contribution >= 4 is 17.8 Å². The van der Waals surface area contributed by atoms with E-state index in [1.54, 1.807) is 51.5 Å². The second-order valence-electron chi connectivity index (χ2n) is 5.58. The number of hydrogen-bond acceptors (Lipinski definition) is 4. The normalized spacial score (nSPS) is 10.5. The standard InChI is InChI=1S/C20H21NO4/c1-21(2)20(23)14-25-17-10-8-16(9-11-17)19(22)12-7-15-5-4-6-18(13-15)24-3/h4-13H,14H2,1-3H3/b12-7+. The highest BCUT2D eigenvalue weighted by molar-refractivity contribution is 6.06. The molecule has 0 bridgehead atoms. The number of carbonyl (C=O) groups is 2. The van der Waals surface area contributed by atoms with Crippen molar-refractivity contribution in [1.29, 1.82) is 0 Å². The quantitative estimate of drug-likeness (QED) is 0.575. The van der Waals surface area contributed by atoms with Gasteiger partial charge in [-0.2, -0.15) is 0 Å². The average Bonchev–Trinajstić information content (AvgIpc) is 2.64. The van der Waals surface area contributed by atoms with Crippen LogP contribution in [0, 0.1) is 0 Å². The second kappa shape index (κ2) is 8.68. The predicted octanol–water partition coefficient (Wildman–Crippen LogP) is 3.06. The van der Waals surface area contributed by atoms with Crippen LogP contribution in [0.25, 0.3) is 6.08 Å². The number of likely N-dealkylation sites (N-methyl/N-ethyl adjacent to an activating group) is 1. The van der Waals surface area contributed by atoms with Crippen molar-refractivity contribution in [2.45, 2.75) is 0 Å². The Balaban J connectivity index is 1.97. The first-order chi connectivity index (χ1) is 12.0. The van der Waals surface area contributed by atoms with E-state index in [0.717, 1.165) is 11.3 Å². The zero-order valence-corrected chi connectivity index (χ0v) is 14.6. The lowest BCUT2D eigenvalue weighted by Crippen LogP contribution is -2.27.